The van der Waals surface area contributed by atoms with E-state index in [1.165, 1.54) is 0 Å². The summed E-state index contributed by atoms with van der Waals surface area (Å²) in [5.74, 6) is -0.379. The molecule has 3 amide bonds. The minimum absolute atomic E-state index is 0.113. The van der Waals surface area contributed by atoms with Gasteiger partial charge in [0.1, 0.15) is 6.17 Å². The predicted molar refractivity (Wildman–Crippen MR) is 133 cm³/mol. The lowest BCUT2D eigenvalue weighted by atomic mass is 10.0. The Balaban J connectivity index is 1.22. The number of carbonyl (C=O) groups is 3. The molecule has 0 spiro atoms. The summed E-state index contributed by atoms with van der Waals surface area (Å²) in [5, 5.41) is 3.85. The van der Waals surface area contributed by atoms with Crippen LogP contribution >= 0.6 is 0 Å². The standard InChI is InChI=1S/C28H22N4O3/c33-25(30-23-13-5-12-22-20(23)11-6-16-29-22)15-7-17-31-26-18-8-1-2-9-19(18)28(35)32(26)24-14-4-3-10-21(24)27(31)34/h1-6,8-14,16,26H,7,15,17H2,(H,30,33)/t26-/m1/s1. The van der Waals surface area contributed by atoms with Gasteiger partial charge >= 0.3 is 0 Å². The van der Waals surface area contributed by atoms with Crippen molar-refractivity contribution in [2.24, 2.45) is 0 Å². The molecule has 7 nitrogen and oxygen atoms in total. The molecule has 0 bridgehead atoms. The number of benzene rings is 3. The van der Waals surface area contributed by atoms with Gasteiger partial charge < -0.3 is 10.2 Å². The van der Waals surface area contributed by atoms with E-state index in [0.29, 0.717) is 35.5 Å². The summed E-state index contributed by atoms with van der Waals surface area (Å²) >= 11 is 0. The molecule has 0 radical (unpaired) electrons. The SMILES string of the molecule is O=C(CCCN1C(=O)c2ccccc2N2C(=O)c3ccccc3[C@H]12)Nc1cccc2ncccc12. The number of carbonyl (C=O) groups excluding carboxylic acids is 3. The molecule has 172 valence electrons. The van der Waals surface area contributed by atoms with E-state index in [-0.39, 0.29) is 24.1 Å². The predicted octanol–water partition coefficient (Wildman–Crippen LogP) is 4.77. The number of anilines is 2. The number of hydrogen-bond donors (Lipinski definition) is 1. The summed E-state index contributed by atoms with van der Waals surface area (Å²) in [6, 6.07) is 24.0. The van der Waals surface area contributed by atoms with Gasteiger partial charge in [0.05, 0.1) is 22.5 Å². The van der Waals surface area contributed by atoms with Gasteiger partial charge in [0.2, 0.25) is 5.91 Å². The van der Waals surface area contributed by atoms with E-state index in [9.17, 15) is 14.4 Å². The molecule has 0 aliphatic carbocycles. The van der Waals surface area contributed by atoms with Gasteiger partial charge in [0.15, 0.2) is 0 Å². The van der Waals surface area contributed by atoms with Crippen molar-refractivity contribution in [1.82, 2.24) is 9.88 Å². The highest BCUT2D eigenvalue weighted by Gasteiger charge is 2.47. The number of fused-ring (bicyclic) bond motifs is 6. The summed E-state index contributed by atoms with van der Waals surface area (Å²) in [4.78, 5) is 47.2. The number of nitrogens with zero attached hydrogens (tertiary/aromatic N) is 3. The van der Waals surface area contributed by atoms with Gasteiger partial charge in [-0.2, -0.15) is 0 Å². The average Bonchev–Trinajstić information content (AvgIpc) is 3.19. The van der Waals surface area contributed by atoms with E-state index in [0.717, 1.165) is 16.5 Å². The quantitative estimate of drug-likeness (QED) is 0.463. The molecule has 7 heteroatoms. The summed E-state index contributed by atoms with van der Waals surface area (Å²) in [7, 11) is 0. The number of amides is 3. The summed E-state index contributed by atoms with van der Waals surface area (Å²) in [5.41, 5.74) is 4.07. The third kappa shape index (κ3) is 3.44. The van der Waals surface area contributed by atoms with Crippen molar-refractivity contribution in [2.45, 2.75) is 19.0 Å². The molecule has 6 rings (SSSR count). The first-order valence-electron chi connectivity index (χ1n) is 11.6. The van der Waals surface area contributed by atoms with E-state index in [1.54, 1.807) is 34.2 Å². The second kappa shape index (κ2) is 8.36. The Hall–Kier alpha value is -4.52. The van der Waals surface area contributed by atoms with Gasteiger partial charge in [-0.3, -0.25) is 24.3 Å². The van der Waals surface area contributed by atoms with E-state index < -0.39 is 6.17 Å². The Morgan fingerprint density at radius 3 is 2.54 bits per heavy atom. The number of pyridine rings is 1. The third-order valence-electron chi connectivity index (χ3n) is 6.61. The Morgan fingerprint density at radius 1 is 0.857 bits per heavy atom. The maximum Gasteiger partial charge on any atom is 0.260 e. The van der Waals surface area contributed by atoms with Crippen molar-refractivity contribution in [3.05, 3.63) is 102 Å². The van der Waals surface area contributed by atoms with Crippen molar-refractivity contribution < 1.29 is 14.4 Å². The highest BCUT2D eigenvalue weighted by atomic mass is 16.2. The van der Waals surface area contributed by atoms with Crippen LogP contribution in [0.25, 0.3) is 10.9 Å². The monoisotopic (exact) mass is 462 g/mol. The maximum atomic E-state index is 13.5. The molecular weight excluding hydrogens is 440 g/mol. The number of para-hydroxylation sites is 1. The number of aromatic nitrogens is 1. The number of hydrogen-bond acceptors (Lipinski definition) is 4. The van der Waals surface area contributed by atoms with Gasteiger partial charge in [-0.15, -0.1) is 0 Å². The summed E-state index contributed by atoms with van der Waals surface area (Å²) in [6.07, 6.45) is 1.92. The first-order valence-corrected chi connectivity index (χ1v) is 11.6. The second-order valence-electron chi connectivity index (χ2n) is 8.68. The third-order valence-corrected chi connectivity index (χ3v) is 6.61. The molecular formula is C28H22N4O3. The molecule has 1 aromatic heterocycles. The zero-order valence-corrected chi connectivity index (χ0v) is 18.8. The lowest BCUT2D eigenvalue weighted by Gasteiger charge is -2.41. The van der Waals surface area contributed by atoms with Gasteiger partial charge in [0, 0.05) is 35.7 Å². The van der Waals surface area contributed by atoms with Crippen molar-refractivity contribution in [3.63, 3.8) is 0 Å². The Kier molecular flexibility index (Phi) is 5.03. The molecule has 3 aromatic carbocycles. The molecule has 3 heterocycles. The van der Waals surface area contributed by atoms with Gasteiger partial charge in [-0.05, 0) is 48.9 Å². The molecule has 2 aliphatic heterocycles. The van der Waals surface area contributed by atoms with Crippen LogP contribution in [-0.2, 0) is 4.79 Å². The van der Waals surface area contributed by atoms with Crippen molar-refractivity contribution in [2.75, 3.05) is 16.8 Å². The Bertz CT molecular complexity index is 1490. The van der Waals surface area contributed by atoms with Crippen LogP contribution in [0.2, 0.25) is 0 Å². The molecule has 4 aromatic rings. The molecule has 2 aliphatic rings. The van der Waals surface area contributed by atoms with Crippen LogP contribution in [-0.4, -0.2) is 34.2 Å². The molecule has 1 N–H and O–H groups in total. The van der Waals surface area contributed by atoms with Crippen LogP contribution < -0.4 is 10.2 Å². The van der Waals surface area contributed by atoms with Gasteiger partial charge in [-0.1, -0.05) is 36.4 Å². The highest BCUT2D eigenvalue weighted by molar-refractivity contribution is 6.16. The summed E-state index contributed by atoms with van der Waals surface area (Å²) in [6.45, 7) is 0.348. The fourth-order valence-electron chi connectivity index (χ4n) is 5.03. The molecule has 0 fully saturated rings. The smallest absolute Gasteiger partial charge is 0.260 e. The second-order valence-corrected chi connectivity index (χ2v) is 8.68. The molecule has 1 atom stereocenters. The number of nitrogens with one attached hydrogen (secondary N) is 1. The van der Waals surface area contributed by atoms with E-state index >= 15 is 0 Å². The number of rotatable bonds is 5. The minimum atomic E-state index is -0.506. The van der Waals surface area contributed by atoms with Crippen LogP contribution in [0.5, 0.6) is 0 Å². The van der Waals surface area contributed by atoms with E-state index in [2.05, 4.69) is 10.3 Å². The normalized spacial score (nSPS) is 16.2. The van der Waals surface area contributed by atoms with Gasteiger partial charge in [-0.25, -0.2) is 0 Å². The van der Waals surface area contributed by atoms with E-state index in [4.69, 9.17) is 0 Å². The summed E-state index contributed by atoms with van der Waals surface area (Å²) < 4.78 is 0. The molecule has 0 saturated heterocycles. The topological polar surface area (TPSA) is 82.6 Å². The van der Waals surface area contributed by atoms with Crippen LogP contribution in [0, 0.1) is 0 Å². The van der Waals surface area contributed by atoms with Crippen LogP contribution in [0.1, 0.15) is 45.3 Å². The lowest BCUT2D eigenvalue weighted by molar-refractivity contribution is -0.116. The fraction of sp³-hybridized carbons (Fsp3) is 0.143. The lowest BCUT2D eigenvalue weighted by Crippen LogP contribution is -2.48. The van der Waals surface area contributed by atoms with Crippen molar-refractivity contribution in [3.8, 4) is 0 Å². The average molecular weight is 463 g/mol. The van der Waals surface area contributed by atoms with Gasteiger partial charge in [0.25, 0.3) is 11.8 Å². The molecule has 0 unspecified atom stereocenters. The van der Waals surface area contributed by atoms with Crippen LogP contribution in [0.3, 0.4) is 0 Å². The van der Waals surface area contributed by atoms with Crippen molar-refractivity contribution in [1.29, 1.82) is 0 Å². The Labute approximate surface area is 202 Å². The zero-order valence-electron chi connectivity index (χ0n) is 18.8. The largest absolute Gasteiger partial charge is 0.325 e. The zero-order chi connectivity index (χ0) is 23.9. The fourth-order valence-corrected chi connectivity index (χ4v) is 5.03. The van der Waals surface area contributed by atoms with E-state index in [1.807, 2.05) is 60.7 Å². The maximum absolute atomic E-state index is 13.5. The van der Waals surface area contributed by atoms with Crippen molar-refractivity contribution >= 4 is 40.0 Å². The first-order chi connectivity index (χ1) is 17.1. The highest BCUT2D eigenvalue weighted by Crippen LogP contribution is 2.45. The first kappa shape index (κ1) is 21.0. The molecule has 0 saturated carbocycles. The van der Waals surface area contributed by atoms with Crippen LogP contribution in [0.15, 0.2) is 85.1 Å². The Morgan fingerprint density at radius 2 is 1.66 bits per heavy atom. The minimum Gasteiger partial charge on any atom is -0.325 e. The molecule has 35 heavy (non-hydrogen) atoms. The van der Waals surface area contributed by atoms with Crippen LogP contribution in [0.4, 0.5) is 11.4 Å².